The lowest BCUT2D eigenvalue weighted by atomic mass is 9.99. The smallest absolute Gasteiger partial charge is 0.225 e. The molecule has 0 atom stereocenters. The number of Topliss-reactive ketones (excluding diaryl/α,β-unsaturated/α-hetero) is 1. The van der Waals surface area contributed by atoms with E-state index >= 15 is 0 Å². The van der Waals surface area contributed by atoms with Gasteiger partial charge in [0.15, 0.2) is 5.78 Å². The fourth-order valence-corrected chi connectivity index (χ4v) is 2.83. The first-order chi connectivity index (χ1) is 11.4. The predicted molar refractivity (Wildman–Crippen MR) is 95.1 cm³/mol. The van der Waals surface area contributed by atoms with Crippen molar-refractivity contribution in [1.29, 1.82) is 0 Å². The Balaban J connectivity index is 1.84. The Bertz CT molecular complexity index is 590. The van der Waals surface area contributed by atoms with Gasteiger partial charge in [0, 0.05) is 24.6 Å². The van der Waals surface area contributed by atoms with Gasteiger partial charge in [-0.15, -0.1) is 0 Å². The molecule has 1 saturated heterocycles. The number of likely N-dealkylation sites (tertiary alicyclic amines) is 1. The van der Waals surface area contributed by atoms with Crippen LogP contribution in [0.4, 0.5) is 5.69 Å². The zero-order valence-electron chi connectivity index (χ0n) is 14.9. The molecule has 0 aliphatic carbocycles. The number of ether oxygens (including phenoxy) is 1. The van der Waals surface area contributed by atoms with Crippen molar-refractivity contribution in [2.75, 3.05) is 25.4 Å². The number of hydrogen-bond donors (Lipinski definition) is 1. The lowest BCUT2D eigenvalue weighted by Crippen LogP contribution is -2.38. The molecule has 0 bridgehead atoms. The van der Waals surface area contributed by atoms with E-state index in [2.05, 4.69) is 6.92 Å². The molecule has 2 rings (SSSR count). The van der Waals surface area contributed by atoms with E-state index in [1.54, 1.807) is 18.2 Å². The Morgan fingerprint density at radius 2 is 1.96 bits per heavy atom. The second-order valence-electron chi connectivity index (χ2n) is 6.93. The molecule has 5 heteroatoms. The number of rotatable bonds is 6. The molecule has 0 aromatic heterocycles. The summed E-state index contributed by atoms with van der Waals surface area (Å²) < 4.78 is 5.63. The molecule has 132 valence electrons. The van der Waals surface area contributed by atoms with Crippen LogP contribution in [-0.4, -0.2) is 36.3 Å². The van der Waals surface area contributed by atoms with Gasteiger partial charge in [-0.1, -0.05) is 20.8 Å². The Kier molecular flexibility index (Phi) is 6.23. The summed E-state index contributed by atoms with van der Waals surface area (Å²) in [6.45, 7) is 7.92. The number of anilines is 1. The van der Waals surface area contributed by atoms with Crippen LogP contribution in [0.15, 0.2) is 18.2 Å². The number of amides is 1. The van der Waals surface area contributed by atoms with E-state index in [1.807, 2.05) is 18.7 Å². The molecule has 1 heterocycles. The number of carbonyl (C=O) groups is 2. The molecule has 24 heavy (non-hydrogen) atoms. The summed E-state index contributed by atoms with van der Waals surface area (Å²) in [7, 11) is 0. The van der Waals surface area contributed by atoms with E-state index in [-0.39, 0.29) is 17.6 Å². The van der Waals surface area contributed by atoms with Gasteiger partial charge >= 0.3 is 0 Å². The van der Waals surface area contributed by atoms with Crippen molar-refractivity contribution in [3.63, 3.8) is 0 Å². The summed E-state index contributed by atoms with van der Waals surface area (Å²) >= 11 is 0. The van der Waals surface area contributed by atoms with Gasteiger partial charge in [-0.05, 0) is 37.0 Å². The van der Waals surface area contributed by atoms with Gasteiger partial charge < -0.3 is 15.4 Å². The van der Waals surface area contributed by atoms with Crippen LogP contribution in [0.2, 0.25) is 0 Å². The molecule has 2 N–H and O–H groups in total. The molecular formula is C19H28N2O3. The van der Waals surface area contributed by atoms with Gasteiger partial charge in [0.25, 0.3) is 0 Å². The van der Waals surface area contributed by atoms with Crippen molar-refractivity contribution in [2.45, 2.75) is 40.0 Å². The molecular weight excluding hydrogens is 304 g/mol. The van der Waals surface area contributed by atoms with E-state index in [9.17, 15) is 9.59 Å². The van der Waals surface area contributed by atoms with Crippen molar-refractivity contribution in [2.24, 2.45) is 11.8 Å². The number of benzene rings is 1. The zero-order chi connectivity index (χ0) is 17.7. The number of nitrogen functional groups attached to an aromatic ring is 1. The van der Waals surface area contributed by atoms with E-state index in [4.69, 9.17) is 10.5 Å². The minimum atomic E-state index is -0.0685. The van der Waals surface area contributed by atoms with Crippen molar-refractivity contribution < 1.29 is 14.3 Å². The monoisotopic (exact) mass is 332 g/mol. The van der Waals surface area contributed by atoms with Crippen LogP contribution >= 0.6 is 0 Å². The summed E-state index contributed by atoms with van der Waals surface area (Å²) in [5.41, 5.74) is 6.98. The lowest BCUT2D eigenvalue weighted by molar-refractivity contribution is -0.133. The van der Waals surface area contributed by atoms with Crippen LogP contribution < -0.4 is 10.5 Å². The molecule has 0 unspecified atom stereocenters. The van der Waals surface area contributed by atoms with Gasteiger partial charge in [-0.25, -0.2) is 0 Å². The van der Waals surface area contributed by atoms with Gasteiger partial charge in [0.2, 0.25) is 5.91 Å². The normalized spacial score (nSPS) is 15.6. The Labute approximate surface area is 144 Å². The average molecular weight is 332 g/mol. The second-order valence-corrected chi connectivity index (χ2v) is 6.93. The van der Waals surface area contributed by atoms with Gasteiger partial charge in [0.05, 0.1) is 18.7 Å². The first-order valence-electron chi connectivity index (χ1n) is 8.72. The molecule has 0 spiro atoms. The highest BCUT2D eigenvalue weighted by atomic mass is 16.5. The minimum absolute atomic E-state index is 0.0581. The molecule has 1 fully saturated rings. The molecule has 1 aliphatic heterocycles. The molecule has 1 aromatic carbocycles. The highest BCUT2D eigenvalue weighted by Crippen LogP contribution is 2.24. The Morgan fingerprint density at radius 1 is 1.29 bits per heavy atom. The molecule has 1 amide bonds. The van der Waals surface area contributed by atoms with Crippen LogP contribution in [0.3, 0.4) is 0 Å². The summed E-state index contributed by atoms with van der Waals surface area (Å²) in [4.78, 5) is 26.0. The molecule has 5 nitrogen and oxygen atoms in total. The largest absolute Gasteiger partial charge is 0.491 e. The van der Waals surface area contributed by atoms with Crippen molar-refractivity contribution in [3.8, 4) is 5.75 Å². The number of hydrogen-bond acceptors (Lipinski definition) is 4. The van der Waals surface area contributed by atoms with Gasteiger partial charge in [-0.2, -0.15) is 0 Å². The first-order valence-corrected chi connectivity index (χ1v) is 8.72. The van der Waals surface area contributed by atoms with E-state index in [0.29, 0.717) is 35.9 Å². The maximum Gasteiger partial charge on any atom is 0.225 e. The van der Waals surface area contributed by atoms with Gasteiger partial charge in [-0.3, -0.25) is 9.59 Å². The second kappa shape index (κ2) is 8.18. The Morgan fingerprint density at radius 3 is 2.54 bits per heavy atom. The number of nitrogens with two attached hydrogens (primary N) is 1. The first kappa shape index (κ1) is 18.3. The van der Waals surface area contributed by atoms with Crippen molar-refractivity contribution in [1.82, 2.24) is 4.90 Å². The van der Waals surface area contributed by atoms with Crippen LogP contribution in [0, 0.1) is 11.8 Å². The Hall–Kier alpha value is -2.04. The quantitative estimate of drug-likeness (QED) is 0.641. The summed E-state index contributed by atoms with van der Waals surface area (Å²) in [5, 5.41) is 0. The average Bonchev–Trinajstić information content (AvgIpc) is 2.56. The SMILES string of the molecule is CC1CCN(C(=O)CCOc2ccc(C(=O)C(C)C)cc2N)CC1. The number of piperidine rings is 1. The van der Waals surface area contributed by atoms with Crippen LogP contribution in [-0.2, 0) is 4.79 Å². The molecule has 0 saturated carbocycles. The third kappa shape index (κ3) is 4.73. The lowest BCUT2D eigenvalue weighted by Gasteiger charge is -2.30. The molecule has 0 radical (unpaired) electrons. The van der Waals surface area contributed by atoms with Crippen LogP contribution in [0.25, 0.3) is 0 Å². The zero-order valence-corrected chi connectivity index (χ0v) is 14.9. The third-order valence-corrected chi connectivity index (χ3v) is 4.53. The van der Waals surface area contributed by atoms with Gasteiger partial charge in [0.1, 0.15) is 5.75 Å². The highest BCUT2D eigenvalue weighted by molar-refractivity contribution is 5.98. The highest BCUT2D eigenvalue weighted by Gasteiger charge is 2.20. The number of nitrogens with zero attached hydrogens (tertiary/aromatic N) is 1. The molecule has 1 aromatic rings. The predicted octanol–water partition coefficient (Wildman–Crippen LogP) is 3.13. The maximum atomic E-state index is 12.2. The topological polar surface area (TPSA) is 72.6 Å². The number of carbonyl (C=O) groups excluding carboxylic acids is 2. The summed E-state index contributed by atoms with van der Waals surface area (Å²) in [5.74, 6) is 1.35. The number of ketones is 1. The molecule has 1 aliphatic rings. The van der Waals surface area contributed by atoms with E-state index < -0.39 is 0 Å². The minimum Gasteiger partial charge on any atom is -0.491 e. The van der Waals surface area contributed by atoms with E-state index in [1.165, 1.54) is 0 Å². The fraction of sp³-hybridized carbons (Fsp3) is 0.579. The summed E-state index contributed by atoms with van der Waals surface area (Å²) in [6.07, 6.45) is 2.50. The fourth-order valence-electron chi connectivity index (χ4n) is 2.83. The van der Waals surface area contributed by atoms with Crippen molar-refractivity contribution in [3.05, 3.63) is 23.8 Å². The third-order valence-electron chi connectivity index (χ3n) is 4.53. The van der Waals surface area contributed by atoms with Crippen LogP contribution in [0.5, 0.6) is 5.75 Å². The standard InChI is InChI=1S/C19H28N2O3/c1-13(2)19(23)15-4-5-17(16(20)12-15)24-11-8-18(22)21-9-6-14(3)7-10-21/h4-5,12-14H,6-11,20H2,1-3H3. The maximum absolute atomic E-state index is 12.2. The summed E-state index contributed by atoms with van der Waals surface area (Å²) in [6, 6.07) is 5.07. The van der Waals surface area contributed by atoms with E-state index in [0.717, 1.165) is 25.9 Å². The van der Waals surface area contributed by atoms with Crippen molar-refractivity contribution >= 4 is 17.4 Å². The van der Waals surface area contributed by atoms with Crippen LogP contribution in [0.1, 0.15) is 50.4 Å².